The first-order valence-corrected chi connectivity index (χ1v) is 7.30. The topological polar surface area (TPSA) is 74.2 Å². The number of carbonyl (C=O) groups is 2. The summed E-state index contributed by atoms with van der Waals surface area (Å²) in [4.78, 5) is 23.8. The van der Waals surface area contributed by atoms with E-state index in [-0.39, 0.29) is 18.0 Å². The summed E-state index contributed by atoms with van der Waals surface area (Å²) < 4.78 is 14.4. The minimum absolute atomic E-state index is 0.0227. The summed E-state index contributed by atoms with van der Waals surface area (Å²) in [6.07, 6.45) is -0.123. The van der Waals surface area contributed by atoms with Crippen LogP contribution in [0.1, 0.15) is 16.1 Å². The van der Waals surface area contributed by atoms with Crippen LogP contribution in [0.25, 0.3) is 10.9 Å². The van der Waals surface area contributed by atoms with Crippen LogP contribution >= 0.6 is 0 Å². The number of carbonyl (C=O) groups excluding carboxylic acids is 2. The maximum atomic E-state index is 12.9. The molecule has 0 aliphatic rings. The van der Waals surface area contributed by atoms with Crippen LogP contribution in [0.15, 0.2) is 48.5 Å². The van der Waals surface area contributed by atoms with Crippen molar-refractivity contribution >= 4 is 28.5 Å². The van der Waals surface area contributed by atoms with Crippen molar-refractivity contribution in [3.05, 3.63) is 65.6 Å². The molecule has 1 heterocycles. The molecule has 0 unspecified atom stereocenters. The van der Waals surface area contributed by atoms with Crippen molar-refractivity contribution in [2.45, 2.75) is 6.42 Å². The predicted molar refractivity (Wildman–Crippen MR) is 86.0 cm³/mol. The van der Waals surface area contributed by atoms with Crippen LogP contribution in [0.3, 0.4) is 0 Å². The molecule has 0 bridgehead atoms. The average molecular weight is 325 g/mol. The molecule has 3 rings (SSSR count). The van der Waals surface area contributed by atoms with Crippen LogP contribution in [0, 0.1) is 5.82 Å². The molecule has 0 spiro atoms. The quantitative estimate of drug-likeness (QED) is 0.796. The van der Waals surface area contributed by atoms with Crippen LogP contribution in [-0.4, -0.2) is 16.4 Å². The molecule has 122 valence electrons. The van der Waals surface area contributed by atoms with Crippen LogP contribution in [0.4, 0.5) is 10.1 Å². The van der Waals surface area contributed by atoms with Gasteiger partial charge in [-0.1, -0.05) is 18.2 Å². The molecule has 0 radical (unpaired) electrons. The third kappa shape index (κ3) is 2.86. The summed E-state index contributed by atoms with van der Waals surface area (Å²) in [7, 11) is 1.62. The first kappa shape index (κ1) is 15.7. The largest absolute Gasteiger partial charge is 0.543 e. The van der Waals surface area contributed by atoms with Gasteiger partial charge in [0.25, 0.3) is 0 Å². The summed E-state index contributed by atoms with van der Waals surface area (Å²) in [5, 5.41) is 14.8. The van der Waals surface area contributed by atoms with E-state index in [1.807, 2.05) is 0 Å². The molecular weight excluding hydrogens is 311 g/mol. The Morgan fingerprint density at radius 2 is 1.79 bits per heavy atom. The molecule has 0 aliphatic carbocycles. The second-order valence-corrected chi connectivity index (χ2v) is 5.42. The highest BCUT2D eigenvalue weighted by Gasteiger charge is 2.18. The highest BCUT2D eigenvalue weighted by molar-refractivity contribution is 6.02. The third-order valence-corrected chi connectivity index (χ3v) is 3.87. The van der Waals surface area contributed by atoms with Gasteiger partial charge in [0.1, 0.15) is 5.82 Å². The van der Waals surface area contributed by atoms with E-state index in [2.05, 4.69) is 5.32 Å². The second-order valence-electron chi connectivity index (χ2n) is 5.42. The Bertz CT molecular complexity index is 929. The molecule has 1 aromatic heterocycles. The van der Waals surface area contributed by atoms with E-state index in [0.717, 1.165) is 0 Å². The number of aryl methyl sites for hydroxylation is 1. The Morgan fingerprint density at radius 1 is 1.12 bits per heavy atom. The fourth-order valence-electron chi connectivity index (χ4n) is 2.81. The van der Waals surface area contributed by atoms with E-state index in [9.17, 15) is 19.1 Å². The standard InChI is InChI=1S/C18H15FN2O3/c1-21-15-5-3-2-4-13(15)14(17(21)18(23)24)10-16(22)20-12-8-6-11(19)7-9-12/h2-9H,10H2,1H3,(H,20,22)(H,23,24)/p-1. The summed E-state index contributed by atoms with van der Waals surface area (Å²) >= 11 is 0. The highest BCUT2D eigenvalue weighted by Crippen LogP contribution is 2.26. The molecule has 1 N–H and O–H groups in total. The van der Waals surface area contributed by atoms with Gasteiger partial charge in [0.15, 0.2) is 0 Å². The number of benzene rings is 2. The first-order valence-electron chi connectivity index (χ1n) is 7.30. The van der Waals surface area contributed by atoms with Crippen molar-refractivity contribution < 1.29 is 19.1 Å². The van der Waals surface area contributed by atoms with Crippen molar-refractivity contribution in [1.82, 2.24) is 4.57 Å². The number of fused-ring (bicyclic) bond motifs is 1. The van der Waals surface area contributed by atoms with E-state index in [0.29, 0.717) is 22.2 Å². The van der Waals surface area contributed by atoms with Crippen LogP contribution in [0.5, 0.6) is 0 Å². The number of nitrogens with zero attached hydrogens (tertiary/aromatic N) is 1. The van der Waals surface area contributed by atoms with Crippen molar-refractivity contribution in [2.24, 2.45) is 7.05 Å². The molecule has 5 nitrogen and oxygen atoms in total. The van der Waals surface area contributed by atoms with Gasteiger partial charge >= 0.3 is 0 Å². The molecule has 2 aromatic carbocycles. The first-order chi connectivity index (χ1) is 11.5. The van der Waals surface area contributed by atoms with Crippen LogP contribution in [-0.2, 0) is 18.3 Å². The number of amides is 1. The average Bonchev–Trinajstić information content (AvgIpc) is 2.83. The number of hydrogen-bond donors (Lipinski definition) is 1. The Hall–Kier alpha value is -3.15. The van der Waals surface area contributed by atoms with Gasteiger partial charge < -0.3 is 19.8 Å². The van der Waals surface area contributed by atoms with Gasteiger partial charge in [0.05, 0.1) is 18.1 Å². The van der Waals surface area contributed by atoms with E-state index >= 15 is 0 Å². The summed E-state index contributed by atoms with van der Waals surface area (Å²) in [6.45, 7) is 0. The van der Waals surface area contributed by atoms with Gasteiger partial charge in [-0.15, -0.1) is 0 Å². The molecule has 3 aromatic rings. The molecule has 1 amide bonds. The normalized spacial score (nSPS) is 10.8. The van der Waals surface area contributed by atoms with Crippen molar-refractivity contribution in [3.63, 3.8) is 0 Å². The number of halogens is 1. The molecule has 0 saturated heterocycles. The Morgan fingerprint density at radius 3 is 2.46 bits per heavy atom. The zero-order valence-electron chi connectivity index (χ0n) is 12.9. The number of para-hydroxylation sites is 1. The molecule has 0 fully saturated rings. The van der Waals surface area contributed by atoms with Crippen molar-refractivity contribution in [3.8, 4) is 0 Å². The smallest absolute Gasteiger partial charge is 0.228 e. The maximum Gasteiger partial charge on any atom is 0.228 e. The van der Waals surface area contributed by atoms with Crippen LogP contribution < -0.4 is 10.4 Å². The van der Waals surface area contributed by atoms with Crippen molar-refractivity contribution in [1.29, 1.82) is 0 Å². The lowest BCUT2D eigenvalue weighted by Gasteiger charge is -2.09. The SMILES string of the molecule is Cn1c(C(=O)[O-])c(CC(=O)Nc2ccc(F)cc2)c2ccccc21. The highest BCUT2D eigenvalue weighted by atomic mass is 19.1. The zero-order chi connectivity index (χ0) is 17.3. The Labute approximate surface area is 137 Å². The number of aromatic carboxylic acids is 1. The van der Waals surface area contributed by atoms with Gasteiger partial charge in [-0.25, -0.2) is 4.39 Å². The third-order valence-electron chi connectivity index (χ3n) is 3.87. The number of carboxylic acid groups (broad SMARTS) is 1. The molecule has 0 saturated carbocycles. The summed E-state index contributed by atoms with van der Waals surface area (Å²) in [5.74, 6) is -2.12. The number of carboxylic acids is 1. The van der Waals surface area contributed by atoms with Crippen LogP contribution in [0.2, 0.25) is 0 Å². The predicted octanol–water partition coefficient (Wildman–Crippen LogP) is 1.86. The molecule has 24 heavy (non-hydrogen) atoms. The minimum Gasteiger partial charge on any atom is -0.543 e. The minimum atomic E-state index is -1.33. The van der Waals surface area contributed by atoms with Gasteiger partial charge in [0.2, 0.25) is 5.91 Å². The van der Waals surface area contributed by atoms with E-state index in [4.69, 9.17) is 0 Å². The van der Waals surface area contributed by atoms with E-state index < -0.39 is 11.8 Å². The van der Waals surface area contributed by atoms with Crippen molar-refractivity contribution in [2.75, 3.05) is 5.32 Å². The van der Waals surface area contributed by atoms with Gasteiger partial charge in [-0.05, 0) is 35.9 Å². The maximum absolute atomic E-state index is 12.9. The second kappa shape index (κ2) is 6.16. The Kier molecular flexibility index (Phi) is 4.04. The van der Waals surface area contributed by atoms with Gasteiger partial charge in [-0.2, -0.15) is 0 Å². The van der Waals surface area contributed by atoms with Gasteiger partial charge in [-0.3, -0.25) is 4.79 Å². The number of aromatic nitrogens is 1. The monoisotopic (exact) mass is 325 g/mol. The zero-order valence-corrected chi connectivity index (χ0v) is 12.9. The number of anilines is 1. The molecule has 0 atom stereocenters. The summed E-state index contributed by atoms with van der Waals surface area (Å²) in [6, 6.07) is 12.5. The number of nitrogens with one attached hydrogen (secondary N) is 1. The fourth-order valence-corrected chi connectivity index (χ4v) is 2.81. The van der Waals surface area contributed by atoms with Gasteiger partial charge in [0, 0.05) is 23.6 Å². The lowest BCUT2D eigenvalue weighted by Crippen LogP contribution is -2.27. The number of rotatable bonds is 4. The lowest BCUT2D eigenvalue weighted by atomic mass is 10.1. The molecule has 0 aliphatic heterocycles. The Balaban J connectivity index is 1.94. The number of hydrogen-bond acceptors (Lipinski definition) is 3. The fraction of sp³-hybridized carbons (Fsp3) is 0.111. The molecule has 6 heteroatoms. The van der Waals surface area contributed by atoms with E-state index in [1.54, 1.807) is 31.3 Å². The molecular formula is C18H14FN2O3-. The lowest BCUT2D eigenvalue weighted by molar-refractivity contribution is -0.255. The van der Waals surface area contributed by atoms with E-state index in [1.165, 1.54) is 28.8 Å². The summed E-state index contributed by atoms with van der Waals surface area (Å²) in [5.41, 5.74) is 1.52.